The van der Waals surface area contributed by atoms with Crippen LogP contribution in [-0.2, 0) is 21.9 Å². The molecule has 0 aromatic heterocycles. The van der Waals surface area contributed by atoms with Gasteiger partial charge in [0.2, 0.25) is 11.8 Å². The summed E-state index contributed by atoms with van der Waals surface area (Å²) in [5.41, 5.74) is -2.83. The summed E-state index contributed by atoms with van der Waals surface area (Å²) in [6.45, 7) is 5.35. The van der Waals surface area contributed by atoms with Crippen molar-refractivity contribution in [3.63, 3.8) is 0 Å². The Bertz CT molecular complexity index is 1250. The fourth-order valence-corrected chi connectivity index (χ4v) is 6.29. The first-order chi connectivity index (χ1) is 19.0. The molecule has 2 amide bonds. The molecule has 0 unspecified atom stereocenters. The van der Waals surface area contributed by atoms with Gasteiger partial charge in [0, 0.05) is 30.5 Å². The average molecular weight is 584 g/mol. The Morgan fingerprint density at radius 1 is 0.976 bits per heavy atom. The molecule has 41 heavy (non-hydrogen) atoms. The predicted molar refractivity (Wildman–Crippen MR) is 144 cm³/mol. The zero-order valence-corrected chi connectivity index (χ0v) is 23.5. The summed E-state index contributed by atoms with van der Waals surface area (Å²) in [5.74, 6) is -2.00. The van der Waals surface area contributed by atoms with Crippen molar-refractivity contribution in [3.8, 4) is 0 Å². The predicted octanol–water partition coefficient (Wildman–Crippen LogP) is 7.21. The van der Waals surface area contributed by atoms with Crippen LogP contribution in [0.15, 0.2) is 36.4 Å². The third-order valence-corrected chi connectivity index (χ3v) is 8.64. The largest absolute Gasteiger partial charge is 0.416 e. The molecule has 1 saturated carbocycles. The van der Waals surface area contributed by atoms with E-state index in [9.17, 15) is 35.9 Å². The number of rotatable bonds is 6. The number of aryl methyl sites for hydroxylation is 2. The molecule has 1 aliphatic heterocycles. The standard InChI is InChI=1S/C30H35F6N3O2/c1-18-9-8-10-19(2)25(18)39-17-28(20(3)26(39)40,16-38(4)24-11-6-5-7-12-24)27(41)37-23-14-21(29(31,32)33)13-22(15-23)30(34,35)36/h8-10,13-15,20,24H,5-7,11-12,16-17H2,1-4H3,(H,37,41)/t20-,28-/m1/s1. The maximum Gasteiger partial charge on any atom is 0.416 e. The van der Waals surface area contributed by atoms with E-state index in [0.29, 0.717) is 17.8 Å². The summed E-state index contributed by atoms with van der Waals surface area (Å²) in [6.07, 6.45) is -5.18. The molecule has 2 atom stereocenters. The number of para-hydroxylation sites is 1. The zero-order chi connectivity index (χ0) is 30.3. The van der Waals surface area contributed by atoms with Gasteiger partial charge in [-0.2, -0.15) is 26.3 Å². The van der Waals surface area contributed by atoms with Gasteiger partial charge < -0.3 is 15.1 Å². The van der Waals surface area contributed by atoms with Crippen LogP contribution < -0.4 is 10.2 Å². The second kappa shape index (κ2) is 11.3. The number of hydrogen-bond donors (Lipinski definition) is 1. The molecule has 1 saturated heterocycles. The lowest BCUT2D eigenvalue weighted by Crippen LogP contribution is -2.52. The SMILES string of the molecule is Cc1cccc(C)c1N1C[C@@](CN(C)C2CCCCC2)(C(=O)Nc2cc(C(F)(F)F)cc(C(F)(F)F)c2)[C@H](C)C1=O. The van der Waals surface area contributed by atoms with Crippen molar-refractivity contribution in [2.75, 3.05) is 30.4 Å². The second-order valence-corrected chi connectivity index (χ2v) is 11.5. The molecule has 1 heterocycles. The molecule has 1 N–H and O–H groups in total. The Labute approximate surface area is 235 Å². The minimum Gasteiger partial charge on any atom is -0.325 e. The monoisotopic (exact) mass is 583 g/mol. The summed E-state index contributed by atoms with van der Waals surface area (Å²) in [4.78, 5) is 31.4. The second-order valence-electron chi connectivity index (χ2n) is 11.5. The third kappa shape index (κ3) is 6.24. The highest BCUT2D eigenvalue weighted by molar-refractivity contribution is 6.08. The van der Waals surface area contributed by atoms with E-state index < -0.39 is 46.4 Å². The fraction of sp³-hybridized carbons (Fsp3) is 0.533. The lowest BCUT2D eigenvalue weighted by molar-refractivity contribution is -0.143. The topological polar surface area (TPSA) is 52.6 Å². The maximum absolute atomic E-state index is 14.1. The van der Waals surface area contributed by atoms with Crippen molar-refractivity contribution in [1.29, 1.82) is 0 Å². The van der Waals surface area contributed by atoms with Crippen molar-refractivity contribution >= 4 is 23.2 Å². The smallest absolute Gasteiger partial charge is 0.325 e. The average Bonchev–Trinajstić information content (AvgIpc) is 3.14. The number of nitrogens with one attached hydrogen (secondary N) is 1. The van der Waals surface area contributed by atoms with Gasteiger partial charge in [-0.3, -0.25) is 9.59 Å². The van der Waals surface area contributed by atoms with Crippen molar-refractivity contribution in [1.82, 2.24) is 4.90 Å². The minimum atomic E-state index is -5.06. The van der Waals surface area contributed by atoms with Crippen LogP contribution in [0.25, 0.3) is 0 Å². The van der Waals surface area contributed by atoms with E-state index in [1.54, 1.807) is 6.92 Å². The third-order valence-electron chi connectivity index (χ3n) is 8.64. The summed E-state index contributed by atoms with van der Waals surface area (Å²) >= 11 is 0. The summed E-state index contributed by atoms with van der Waals surface area (Å²) in [6, 6.07) is 6.70. The van der Waals surface area contributed by atoms with Crippen LogP contribution in [0.5, 0.6) is 0 Å². The van der Waals surface area contributed by atoms with Gasteiger partial charge in [0.25, 0.3) is 0 Å². The van der Waals surface area contributed by atoms with Crippen LogP contribution >= 0.6 is 0 Å². The number of carbonyl (C=O) groups is 2. The number of amides is 2. The van der Waals surface area contributed by atoms with E-state index >= 15 is 0 Å². The number of anilines is 2. The quantitative estimate of drug-likeness (QED) is 0.366. The van der Waals surface area contributed by atoms with E-state index in [-0.39, 0.29) is 31.1 Å². The van der Waals surface area contributed by atoms with E-state index in [1.807, 2.05) is 44.0 Å². The zero-order valence-electron chi connectivity index (χ0n) is 23.5. The van der Waals surface area contributed by atoms with Crippen molar-refractivity contribution in [3.05, 3.63) is 58.7 Å². The number of alkyl halides is 6. The van der Waals surface area contributed by atoms with Gasteiger partial charge in [0.1, 0.15) is 0 Å². The first kappa shape index (κ1) is 30.9. The first-order valence-electron chi connectivity index (χ1n) is 13.7. The van der Waals surface area contributed by atoms with Crippen molar-refractivity contribution < 1.29 is 35.9 Å². The number of carbonyl (C=O) groups excluding carboxylic acids is 2. The van der Waals surface area contributed by atoms with Crippen LogP contribution in [-0.4, -0.2) is 42.9 Å². The highest BCUT2D eigenvalue weighted by atomic mass is 19.4. The molecule has 1 aliphatic carbocycles. The molecule has 4 rings (SSSR count). The van der Waals surface area contributed by atoms with Crippen molar-refractivity contribution in [2.45, 2.75) is 71.3 Å². The summed E-state index contributed by atoms with van der Waals surface area (Å²) < 4.78 is 81.1. The Kier molecular flexibility index (Phi) is 8.51. The lowest BCUT2D eigenvalue weighted by atomic mass is 9.76. The van der Waals surface area contributed by atoms with Gasteiger partial charge in [-0.1, -0.05) is 44.4 Å². The molecular weight excluding hydrogens is 548 g/mol. The van der Waals surface area contributed by atoms with Gasteiger partial charge >= 0.3 is 12.4 Å². The number of halogens is 6. The van der Waals surface area contributed by atoms with Gasteiger partial charge in [-0.15, -0.1) is 0 Å². The molecule has 5 nitrogen and oxygen atoms in total. The number of benzene rings is 2. The Hall–Kier alpha value is -3.08. The number of hydrogen-bond acceptors (Lipinski definition) is 3. The molecule has 0 bridgehead atoms. The van der Waals surface area contributed by atoms with Crippen molar-refractivity contribution in [2.24, 2.45) is 11.3 Å². The maximum atomic E-state index is 14.1. The van der Waals surface area contributed by atoms with Gasteiger partial charge in [0.15, 0.2) is 0 Å². The molecular formula is C30H35F6N3O2. The molecule has 0 spiro atoms. The van der Waals surface area contributed by atoms with Crippen LogP contribution in [0.1, 0.15) is 61.3 Å². The van der Waals surface area contributed by atoms with E-state index in [0.717, 1.165) is 43.2 Å². The Balaban J connectivity index is 1.77. The van der Waals surface area contributed by atoms with Crippen LogP contribution in [0.2, 0.25) is 0 Å². The van der Waals surface area contributed by atoms with Crippen LogP contribution in [0, 0.1) is 25.2 Å². The first-order valence-corrected chi connectivity index (χ1v) is 13.7. The fourth-order valence-electron chi connectivity index (χ4n) is 6.29. The molecule has 2 aromatic carbocycles. The number of nitrogens with zero attached hydrogens (tertiary/aromatic N) is 2. The van der Waals surface area contributed by atoms with Gasteiger partial charge in [-0.25, -0.2) is 0 Å². The molecule has 2 aromatic rings. The highest BCUT2D eigenvalue weighted by Crippen LogP contribution is 2.44. The molecule has 224 valence electrons. The summed E-state index contributed by atoms with van der Waals surface area (Å²) in [5, 5.41) is 2.37. The minimum absolute atomic E-state index is 0.0205. The highest BCUT2D eigenvalue weighted by Gasteiger charge is 2.56. The molecule has 2 fully saturated rings. The lowest BCUT2D eigenvalue weighted by Gasteiger charge is -2.39. The van der Waals surface area contributed by atoms with Gasteiger partial charge in [-0.05, 0) is 63.1 Å². The van der Waals surface area contributed by atoms with Crippen LogP contribution in [0.3, 0.4) is 0 Å². The normalized spacial score (nSPS) is 22.5. The van der Waals surface area contributed by atoms with Crippen LogP contribution in [0.4, 0.5) is 37.7 Å². The molecule has 0 radical (unpaired) electrons. The Morgan fingerprint density at radius 3 is 2.02 bits per heavy atom. The Morgan fingerprint density at radius 2 is 1.51 bits per heavy atom. The van der Waals surface area contributed by atoms with E-state index in [2.05, 4.69) is 5.32 Å². The van der Waals surface area contributed by atoms with E-state index in [4.69, 9.17) is 0 Å². The van der Waals surface area contributed by atoms with E-state index in [1.165, 1.54) is 4.90 Å². The molecule has 2 aliphatic rings. The summed E-state index contributed by atoms with van der Waals surface area (Å²) in [7, 11) is 1.86. The molecule has 11 heteroatoms. The van der Waals surface area contributed by atoms with Gasteiger partial charge in [0.05, 0.1) is 22.5 Å².